The van der Waals surface area contributed by atoms with Crippen LogP contribution in [0.15, 0.2) is 64.5 Å². The third kappa shape index (κ3) is 3.66. The van der Waals surface area contributed by atoms with E-state index in [1.165, 1.54) is 12.7 Å². The fourth-order valence-corrected chi connectivity index (χ4v) is 3.39. The number of hydrogen-bond donors (Lipinski definition) is 2. The maximum absolute atomic E-state index is 12.6. The van der Waals surface area contributed by atoms with Gasteiger partial charge >= 0.3 is 0 Å². The highest BCUT2D eigenvalue weighted by atomic mass is 16.5. The summed E-state index contributed by atoms with van der Waals surface area (Å²) in [7, 11) is 1.65. The first-order chi connectivity index (χ1) is 15.2. The molecule has 156 valence electrons. The second kappa shape index (κ2) is 7.82. The van der Waals surface area contributed by atoms with Crippen LogP contribution in [0.2, 0.25) is 0 Å². The molecule has 0 aliphatic heterocycles. The molecule has 0 atom stereocenters. The Morgan fingerprint density at radius 2 is 2.26 bits per heavy atom. The highest BCUT2D eigenvalue weighted by Crippen LogP contribution is 2.25. The molecular formula is C21H18N6O4. The first-order valence-corrected chi connectivity index (χ1v) is 9.53. The summed E-state index contributed by atoms with van der Waals surface area (Å²) in [6.07, 6.45) is 8.70. The number of nitrogens with zero attached hydrogens (tertiary/aromatic N) is 4. The number of carbonyl (C=O) groups excluding carboxylic acids is 1. The molecule has 5 rings (SSSR count). The Morgan fingerprint density at radius 3 is 3.10 bits per heavy atom. The highest BCUT2D eigenvalue weighted by Gasteiger charge is 2.20. The minimum absolute atomic E-state index is 0.120. The smallest absolute Gasteiger partial charge is 0.278 e. The van der Waals surface area contributed by atoms with E-state index in [0.717, 1.165) is 28.6 Å². The van der Waals surface area contributed by atoms with Gasteiger partial charge in [0.15, 0.2) is 23.5 Å². The number of anilines is 1. The number of oxazole rings is 1. The lowest BCUT2D eigenvalue weighted by atomic mass is 10.1. The second-order valence-corrected chi connectivity index (χ2v) is 6.84. The number of fused-ring (bicyclic) bond motifs is 1. The van der Waals surface area contributed by atoms with Crippen LogP contribution < -0.4 is 10.1 Å². The van der Waals surface area contributed by atoms with E-state index in [9.17, 15) is 4.79 Å². The van der Waals surface area contributed by atoms with Crippen molar-refractivity contribution in [3.63, 3.8) is 0 Å². The second-order valence-electron chi connectivity index (χ2n) is 6.84. The molecule has 0 aliphatic rings. The molecule has 4 heterocycles. The van der Waals surface area contributed by atoms with Crippen LogP contribution in [0.1, 0.15) is 16.1 Å². The number of ether oxygens (including phenoxy) is 1. The SMILES string of the molecule is COc1ccc2[nH]cc(CCn3cc(NC(=O)c4ncoc4-c4ccon4)cn3)c2c1. The minimum Gasteiger partial charge on any atom is -0.497 e. The molecule has 0 fully saturated rings. The zero-order valence-electron chi connectivity index (χ0n) is 16.5. The number of aromatic nitrogens is 5. The normalized spacial score (nSPS) is 11.1. The van der Waals surface area contributed by atoms with Gasteiger partial charge in [-0.1, -0.05) is 5.16 Å². The van der Waals surface area contributed by atoms with Gasteiger partial charge in [-0.25, -0.2) is 4.98 Å². The fourth-order valence-electron chi connectivity index (χ4n) is 3.39. The highest BCUT2D eigenvalue weighted by molar-refractivity contribution is 6.06. The standard InChI is InChI=1S/C21H18N6O4/c1-29-15-2-3-17-16(8-15)13(9-22-17)4-6-27-11-14(10-24-27)25-21(28)19-20(30-12-23-19)18-5-7-31-26-18/h2-3,5,7-12,22H,4,6H2,1H3,(H,25,28). The number of H-pyrrole nitrogens is 1. The van der Waals surface area contributed by atoms with Crippen molar-refractivity contribution in [2.45, 2.75) is 13.0 Å². The van der Waals surface area contributed by atoms with Crippen molar-refractivity contribution in [3.8, 4) is 17.2 Å². The predicted molar refractivity (Wildman–Crippen MR) is 111 cm³/mol. The Morgan fingerprint density at radius 1 is 1.32 bits per heavy atom. The Kier molecular flexibility index (Phi) is 4.71. The van der Waals surface area contributed by atoms with E-state index in [4.69, 9.17) is 13.7 Å². The summed E-state index contributed by atoms with van der Waals surface area (Å²) in [6.45, 7) is 0.647. The molecular weight excluding hydrogens is 400 g/mol. The molecule has 0 radical (unpaired) electrons. The summed E-state index contributed by atoms with van der Waals surface area (Å²) < 4.78 is 17.2. The monoisotopic (exact) mass is 418 g/mol. The first kappa shape index (κ1) is 18.7. The number of methoxy groups -OCH3 is 1. The van der Waals surface area contributed by atoms with Gasteiger partial charge in [0.25, 0.3) is 5.91 Å². The molecule has 4 aromatic heterocycles. The number of aryl methyl sites for hydroxylation is 2. The van der Waals surface area contributed by atoms with Crippen molar-refractivity contribution in [3.05, 3.63) is 66.8 Å². The van der Waals surface area contributed by atoms with Crippen LogP contribution >= 0.6 is 0 Å². The van der Waals surface area contributed by atoms with Gasteiger partial charge in [0, 0.05) is 35.9 Å². The Labute approximate surface area is 175 Å². The quantitative estimate of drug-likeness (QED) is 0.414. The van der Waals surface area contributed by atoms with Gasteiger partial charge in [-0.2, -0.15) is 5.10 Å². The Bertz CT molecular complexity index is 1330. The van der Waals surface area contributed by atoms with E-state index in [2.05, 4.69) is 25.5 Å². The number of benzene rings is 1. The molecule has 0 unspecified atom stereocenters. The summed E-state index contributed by atoms with van der Waals surface area (Å²) in [5, 5.41) is 12.0. The third-order valence-corrected chi connectivity index (χ3v) is 4.93. The molecule has 31 heavy (non-hydrogen) atoms. The molecule has 1 aromatic carbocycles. The van der Waals surface area contributed by atoms with Crippen LogP contribution in [0.5, 0.6) is 5.75 Å². The van der Waals surface area contributed by atoms with Crippen LogP contribution in [0.25, 0.3) is 22.4 Å². The van der Waals surface area contributed by atoms with Crippen molar-refractivity contribution < 1.29 is 18.5 Å². The van der Waals surface area contributed by atoms with Crippen LogP contribution in [-0.4, -0.2) is 37.9 Å². The van der Waals surface area contributed by atoms with Gasteiger partial charge in [-0.05, 0) is 30.2 Å². The topological polar surface area (TPSA) is 124 Å². The number of amides is 1. The zero-order valence-corrected chi connectivity index (χ0v) is 16.5. The van der Waals surface area contributed by atoms with Crippen LogP contribution in [0.3, 0.4) is 0 Å². The average molecular weight is 418 g/mol. The first-order valence-electron chi connectivity index (χ1n) is 9.53. The number of rotatable bonds is 7. The van der Waals surface area contributed by atoms with Crippen LogP contribution in [0, 0.1) is 0 Å². The van der Waals surface area contributed by atoms with Gasteiger partial charge in [-0.3, -0.25) is 9.48 Å². The summed E-state index contributed by atoms with van der Waals surface area (Å²) in [6, 6.07) is 7.53. The van der Waals surface area contributed by atoms with Gasteiger partial charge in [0.1, 0.15) is 12.0 Å². The van der Waals surface area contributed by atoms with Crippen molar-refractivity contribution in [1.29, 1.82) is 0 Å². The molecule has 2 N–H and O–H groups in total. The summed E-state index contributed by atoms with van der Waals surface area (Å²) in [5.41, 5.74) is 3.29. The molecule has 0 spiro atoms. The molecule has 0 saturated carbocycles. The summed E-state index contributed by atoms with van der Waals surface area (Å²) >= 11 is 0. The minimum atomic E-state index is -0.421. The van der Waals surface area contributed by atoms with Crippen molar-refractivity contribution in [1.82, 2.24) is 24.9 Å². The van der Waals surface area contributed by atoms with Gasteiger partial charge in [0.05, 0.1) is 19.0 Å². The lowest BCUT2D eigenvalue weighted by Crippen LogP contribution is -2.13. The maximum atomic E-state index is 12.6. The number of carbonyl (C=O) groups is 1. The largest absolute Gasteiger partial charge is 0.497 e. The van der Waals surface area contributed by atoms with E-state index in [0.29, 0.717) is 17.9 Å². The van der Waals surface area contributed by atoms with E-state index < -0.39 is 5.91 Å². The molecule has 0 aliphatic carbocycles. The van der Waals surface area contributed by atoms with Crippen molar-refractivity contribution >= 4 is 22.5 Å². The molecule has 10 heteroatoms. The van der Waals surface area contributed by atoms with Crippen LogP contribution in [0.4, 0.5) is 5.69 Å². The molecule has 1 amide bonds. The Balaban J connectivity index is 1.26. The van der Waals surface area contributed by atoms with Crippen LogP contribution in [-0.2, 0) is 13.0 Å². The van der Waals surface area contributed by atoms with Crippen molar-refractivity contribution in [2.24, 2.45) is 0 Å². The summed E-state index contributed by atoms with van der Waals surface area (Å²) in [5.74, 6) is 0.638. The van der Waals surface area contributed by atoms with Gasteiger partial charge < -0.3 is 24.0 Å². The van der Waals surface area contributed by atoms with E-state index in [1.807, 2.05) is 24.4 Å². The molecule has 0 saturated heterocycles. The number of nitrogens with one attached hydrogen (secondary N) is 2. The molecule has 5 aromatic rings. The molecule has 0 bridgehead atoms. The zero-order chi connectivity index (χ0) is 21.2. The van der Waals surface area contributed by atoms with Gasteiger partial charge in [-0.15, -0.1) is 0 Å². The number of aromatic amines is 1. The van der Waals surface area contributed by atoms with E-state index in [-0.39, 0.29) is 11.5 Å². The van der Waals surface area contributed by atoms with E-state index >= 15 is 0 Å². The lowest BCUT2D eigenvalue weighted by molar-refractivity contribution is 0.102. The lowest BCUT2D eigenvalue weighted by Gasteiger charge is -2.03. The third-order valence-electron chi connectivity index (χ3n) is 4.93. The average Bonchev–Trinajstić information content (AvgIpc) is 3.58. The fraction of sp³-hybridized carbons (Fsp3) is 0.143. The van der Waals surface area contributed by atoms with Gasteiger partial charge in [0.2, 0.25) is 0 Å². The van der Waals surface area contributed by atoms with Crippen molar-refractivity contribution in [2.75, 3.05) is 12.4 Å². The number of hydrogen-bond acceptors (Lipinski definition) is 7. The maximum Gasteiger partial charge on any atom is 0.278 e. The molecule has 10 nitrogen and oxygen atoms in total. The van der Waals surface area contributed by atoms with E-state index in [1.54, 1.807) is 30.3 Å². The predicted octanol–water partition coefficient (Wildman–Crippen LogP) is 3.51. The Hall–Kier alpha value is -4.34. The summed E-state index contributed by atoms with van der Waals surface area (Å²) in [4.78, 5) is 19.9.